The molecule has 0 saturated carbocycles. The lowest BCUT2D eigenvalue weighted by molar-refractivity contribution is -0.131. The van der Waals surface area contributed by atoms with Crippen LogP contribution in [0.25, 0.3) is 6.08 Å². The molecule has 0 aliphatic carbocycles. The monoisotopic (exact) mass is 265 g/mol. The van der Waals surface area contributed by atoms with Gasteiger partial charge in [-0.3, -0.25) is 0 Å². The van der Waals surface area contributed by atoms with E-state index in [0.717, 1.165) is 31.3 Å². The first-order valence-corrected chi connectivity index (χ1v) is 6.08. The number of hydrogen-bond acceptors (Lipinski definition) is 3. The van der Waals surface area contributed by atoms with Crippen LogP contribution in [0, 0.1) is 5.82 Å². The third kappa shape index (κ3) is 3.54. The Morgan fingerprint density at radius 1 is 1.53 bits per heavy atom. The molecular formula is C14H16FNO3. The summed E-state index contributed by atoms with van der Waals surface area (Å²) in [7, 11) is 1.67. The Balaban J connectivity index is 2.19. The number of carboxylic acids is 1. The van der Waals surface area contributed by atoms with Crippen LogP contribution < -0.4 is 4.90 Å². The van der Waals surface area contributed by atoms with E-state index in [1.165, 1.54) is 18.2 Å². The first kappa shape index (κ1) is 13.5. The van der Waals surface area contributed by atoms with Crippen LogP contribution in [-0.2, 0) is 9.53 Å². The van der Waals surface area contributed by atoms with E-state index >= 15 is 0 Å². The molecule has 0 aromatic heterocycles. The molecule has 1 unspecified atom stereocenters. The number of rotatable bonds is 4. The third-order valence-corrected chi connectivity index (χ3v) is 3.17. The fourth-order valence-electron chi connectivity index (χ4n) is 2.20. The molecule has 4 nitrogen and oxygen atoms in total. The van der Waals surface area contributed by atoms with E-state index in [9.17, 15) is 9.18 Å². The molecule has 1 heterocycles. The number of benzene rings is 1. The molecule has 2 rings (SSSR count). The van der Waals surface area contributed by atoms with Crippen LogP contribution in [0.2, 0.25) is 0 Å². The van der Waals surface area contributed by atoms with E-state index in [2.05, 4.69) is 0 Å². The van der Waals surface area contributed by atoms with Crippen molar-refractivity contribution in [1.82, 2.24) is 0 Å². The standard InChI is InChI=1S/C14H16FNO3/c1-19-13-4-5-16(9-13)12-7-10(2-3-14(17)18)6-11(15)8-12/h2-3,6-8,13H,4-5,9H2,1H3,(H,17,18)/b3-2+. The third-order valence-electron chi connectivity index (χ3n) is 3.17. The fraction of sp³-hybridized carbons (Fsp3) is 0.357. The van der Waals surface area contributed by atoms with Crippen molar-refractivity contribution in [2.45, 2.75) is 12.5 Å². The number of carboxylic acid groups (broad SMARTS) is 1. The minimum absolute atomic E-state index is 0.168. The zero-order chi connectivity index (χ0) is 13.8. The highest BCUT2D eigenvalue weighted by molar-refractivity contribution is 5.85. The second-order valence-corrected chi connectivity index (χ2v) is 4.51. The molecule has 1 aliphatic rings. The van der Waals surface area contributed by atoms with E-state index in [4.69, 9.17) is 9.84 Å². The van der Waals surface area contributed by atoms with Gasteiger partial charge in [0, 0.05) is 32.0 Å². The lowest BCUT2D eigenvalue weighted by Crippen LogP contribution is -2.22. The SMILES string of the molecule is COC1CCN(c2cc(F)cc(/C=C/C(=O)O)c2)C1. The van der Waals surface area contributed by atoms with Crippen LogP contribution in [0.3, 0.4) is 0 Å². The Hall–Kier alpha value is -1.88. The highest BCUT2D eigenvalue weighted by Crippen LogP contribution is 2.24. The molecular weight excluding hydrogens is 249 g/mol. The van der Waals surface area contributed by atoms with Crippen LogP contribution in [0.1, 0.15) is 12.0 Å². The lowest BCUT2D eigenvalue weighted by atomic mass is 10.1. The van der Waals surface area contributed by atoms with Crippen LogP contribution in [0.4, 0.5) is 10.1 Å². The van der Waals surface area contributed by atoms with Gasteiger partial charge < -0.3 is 14.7 Å². The predicted molar refractivity (Wildman–Crippen MR) is 70.7 cm³/mol. The smallest absolute Gasteiger partial charge is 0.328 e. The molecule has 0 radical (unpaired) electrons. The van der Waals surface area contributed by atoms with Gasteiger partial charge in [-0.2, -0.15) is 0 Å². The van der Waals surface area contributed by atoms with E-state index in [0.29, 0.717) is 5.56 Å². The number of anilines is 1. The Bertz CT molecular complexity index is 501. The van der Waals surface area contributed by atoms with Gasteiger partial charge in [-0.15, -0.1) is 0 Å². The number of ether oxygens (including phenoxy) is 1. The molecule has 1 saturated heterocycles. The second-order valence-electron chi connectivity index (χ2n) is 4.51. The van der Waals surface area contributed by atoms with Crippen molar-refractivity contribution in [3.8, 4) is 0 Å². The van der Waals surface area contributed by atoms with Gasteiger partial charge in [-0.1, -0.05) is 0 Å². The molecule has 102 valence electrons. The summed E-state index contributed by atoms with van der Waals surface area (Å²) in [5.41, 5.74) is 1.29. The number of hydrogen-bond donors (Lipinski definition) is 1. The summed E-state index contributed by atoms with van der Waals surface area (Å²) in [6, 6.07) is 4.55. The number of methoxy groups -OCH3 is 1. The van der Waals surface area contributed by atoms with E-state index < -0.39 is 5.97 Å². The quantitative estimate of drug-likeness (QED) is 0.847. The Labute approximate surface area is 111 Å². The van der Waals surface area contributed by atoms with Crippen molar-refractivity contribution in [1.29, 1.82) is 0 Å². The van der Waals surface area contributed by atoms with Crippen molar-refractivity contribution in [3.05, 3.63) is 35.7 Å². The first-order valence-electron chi connectivity index (χ1n) is 6.08. The summed E-state index contributed by atoms with van der Waals surface area (Å²) in [4.78, 5) is 12.5. The van der Waals surface area contributed by atoms with Crippen LogP contribution in [0.15, 0.2) is 24.3 Å². The topological polar surface area (TPSA) is 49.8 Å². The Kier molecular flexibility index (Phi) is 4.16. The summed E-state index contributed by atoms with van der Waals surface area (Å²) >= 11 is 0. The molecule has 1 aromatic carbocycles. The van der Waals surface area contributed by atoms with Crippen molar-refractivity contribution in [3.63, 3.8) is 0 Å². The van der Waals surface area contributed by atoms with Crippen molar-refractivity contribution >= 4 is 17.7 Å². The molecule has 0 spiro atoms. The van der Waals surface area contributed by atoms with E-state index in [1.807, 2.05) is 4.90 Å². The maximum atomic E-state index is 13.5. The van der Waals surface area contributed by atoms with Gasteiger partial charge in [0.1, 0.15) is 5.82 Å². The molecule has 1 N–H and O–H groups in total. The highest BCUT2D eigenvalue weighted by Gasteiger charge is 2.22. The average molecular weight is 265 g/mol. The maximum absolute atomic E-state index is 13.5. The molecule has 1 atom stereocenters. The predicted octanol–water partition coefficient (Wildman–Crippen LogP) is 2.15. The number of halogens is 1. The van der Waals surface area contributed by atoms with Gasteiger partial charge in [-0.25, -0.2) is 9.18 Å². The zero-order valence-electron chi connectivity index (χ0n) is 10.7. The van der Waals surface area contributed by atoms with Gasteiger partial charge in [0.25, 0.3) is 0 Å². The zero-order valence-corrected chi connectivity index (χ0v) is 10.7. The molecule has 1 aliphatic heterocycles. The molecule has 5 heteroatoms. The van der Waals surface area contributed by atoms with Gasteiger partial charge in [0.05, 0.1) is 6.10 Å². The van der Waals surface area contributed by atoms with Crippen molar-refractivity contribution in [2.75, 3.05) is 25.1 Å². The maximum Gasteiger partial charge on any atom is 0.328 e. The van der Waals surface area contributed by atoms with Crippen LogP contribution >= 0.6 is 0 Å². The fourth-order valence-corrected chi connectivity index (χ4v) is 2.20. The lowest BCUT2D eigenvalue weighted by Gasteiger charge is -2.19. The molecule has 0 bridgehead atoms. The highest BCUT2D eigenvalue weighted by atomic mass is 19.1. The van der Waals surface area contributed by atoms with Crippen molar-refractivity contribution < 1.29 is 19.0 Å². The van der Waals surface area contributed by atoms with Crippen LogP contribution in [0.5, 0.6) is 0 Å². The molecule has 0 amide bonds. The average Bonchev–Trinajstić information content (AvgIpc) is 2.84. The molecule has 19 heavy (non-hydrogen) atoms. The Morgan fingerprint density at radius 2 is 2.32 bits per heavy atom. The summed E-state index contributed by atoms with van der Waals surface area (Å²) in [5.74, 6) is -1.42. The van der Waals surface area contributed by atoms with Crippen molar-refractivity contribution in [2.24, 2.45) is 0 Å². The summed E-state index contributed by atoms with van der Waals surface area (Å²) in [6.07, 6.45) is 3.47. The van der Waals surface area contributed by atoms with Gasteiger partial charge >= 0.3 is 5.97 Å². The minimum atomic E-state index is -1.05. The Morgan fingerprint density at radius 3 is 2.95 bits per heavy atom. The molecule has 1 fully saturated rings. The molecule has 1 aromatic rings. The van der Waals surface area contributed by atoms with Gasteiger partial charge in [0.2, 0.25) is 0 Å². The van der Waals surface area contributed by atoms with E-state index in [1.54, 1.807) is 13.2 Å². The summed E-state index contributed by atoms with van der Waals surface area (Å²) < 4.78 is 18.8. The summed E-state index contributed by atoms with van der Waals surface area (Å²) in [5, 5.41) is 8.58. The summed E-state index contributed by atoms with van der Waals surface area (Å²) in [6.45, 7) is 1.53. The number of nitrogens with zero attached hydrogens (tertiary/aromatic N) is 1. The largest absolute Gasteiger partial charge is 0.478 e. The van der Waals surface area contributed by atoms with Crippen LogP contribution in [-0.4, -0.2) is 37.4 Å². The number of aliphatic carboxylic acids is 1. The normalized spacial score (nSPS) is 19.3. The number of carbonyl (C=O) groups is 1. The van der Waals surface area contributed by atoms with E-state index in [-0.39, 0.29) is 11.9 Å². The van der Waals surface area contributed by atoms with Gasteiger partial charge in [0.15, 0.2) is 0 Å². The second kappa shape index (κ2) is 5.84. The first-order chi connectivity index (χ1) is 9.08. The minimum Gasteiger partial charge on any atom is -0.478 e. The van der Waals surface area contributed by atoms with Gasteiger partial charge in [-0.05, 0) is 36.3 Å².